The molecule has 10 heteroatoms. The zero-order valence-electron chi connectivity index (χ0n) is 18.2. The van der Waals surface area contributed by atoms with E-state index in [1.807, 2.05) is 4.57 Å². The van der Waals surface area contributed by atoms with Crippen molar-refractivity contribution in [2.75, 3.05) is 18.4 Å². The second kappa shape index (κ2) is 9.60. The first-order valence-electron chi connectivity index (χ1n) is 11.1. The minimum Gasteiger partial charge on any atom is -0.350 e. The molecular weight excluding hydrogens is 465 g/mol. The molecule has 1 fully saturated rings. The summed E-state index contributed by atoms with van der Waals surface area (Å²) < 4.78 is 43.9. The molecule has 3 heterocycles. The molecule has 0 aliphatic carbocycles. The lowest BCUT2D eigenvalue weighted by atomic mass is 9.99. The number of fused-ring (bicyclic) bond motifs is 1. The van der Waals surface area contributed by atoms with Crippen LogP contribution in [0, 0.1) is 23.4 Å². The van der Waals surface area contributed by atoms with E-state index in [1.165, 1.54) is 18.2 Å². The molecule has 1 aliphatic rings. The third kappa shape index (κ3) is 4.58. The van der Waals surface area contributed by atoms with Gasteiger partial charge in [0, 0.05) is 24.7 Å². The Balaban J connectivity index is 1.53. The first-order chi connectivity index (χ1) is 16.5. The molecule has 2 aromatic heterocycles. The Labute approximate surface area is 199 Å². The van der Waals surface area contributed by atoms with Gasteiger partial charge in [-0.2, -0.15) is 4.98 Å². The van der Waals surface area contributed by atoms with Crippen LogP contribution in [0.4, 0.5) is 19.1 Å². The van der Waals surface area contributed by atoms with Crippen LogP contribution in [0.1, 0.15) is 18.4 Å². The third-order valence-corrected chi connectivity index (χ3v) is 6.28. The van der Waals surface area contributed by atoms with E-state index in [0.29, 0.717) is 29.5 Å². The number of imidazole rings is 1. The van der Waals surface area contributed by atoms with Crippen molar-refractivity contribution in [1.82, 2.24) is 24.8 Å². The van der Waals surface area contributed by atoms with Crippen LogP contribution in [0.2, 0.25) is 5.02 Å². The summed E-state index contributed by atoms with van der Waals surface area (Å²) in [5.74, 6) is -0.802. The maximum Gasteiger partial charge on any atom is 0.225 e. The first-order valence-corrected chi connectivity index (χ1v) is 11.4. The molecule has 5 rings (SSSR count). The molecule has 1 atom stereocenters. The minimum absolute atomic E-state index is 0.0737. The Morgan fingerprint density at radius 3 is 2.76 bits per heavy atom. The van der Waals surface area contributed by atoms with Crippen molar-refractivity contribution in [3.05, 3.63) is 70.6 Å². The van der Waals surface area contributed by atoms with E-state index in [9.17, 15) is 13.2 Å². The van der Waals surface area contributed by atoms with Gasteiger partial charge in [-0.05, 0) is 50.0 Å². The second-order valence-corrected chi connectivity index (χ2v) is 8.75. The molecule has 4 aromatic rings. The molecule has 176 valence electrons. The Hall–Kier alpha value is -3.17. The number of halogens is 4. The molecule has 2 aromatic carbocycles. The molecule has 0 bridgehead atoms. The topological polar surface area (TPSA) is 67.7 Å². The maximum atomic E-state index is 14.8. The first kappa shape index (κ1) is 22.6. The smallest absolute Gasteiger partial charge is 0.225 e. The number of hydrogen-bond donors (Lipinski definition) is 2. The molecule has 0 amide bonds. The number of nitrogens with zero attached hydrogens (tertiary/aromatic N) is 4. The summed E-state index contributed by atoms with van der Waals surface area (Å²) in [7, 11) is 0. The molecule has 0 spiro atoms. The standard InChI is InChI=1S/C24H22ClF3N6/c25-17-4-1-5-18(27)21(17)23-32-20-12-31-24(30-11-15-6-7-16(26)9-19(15)28)33-22(20)34(23)13-14-3-2-8-29-10-14/h1,4-7,9,12,14,29H,2-3,8,10-11,13H2,(H,30,31,33)/t14-/m1/s1. The number of anilines is 1. The summed E-state index contributed by atoms with van der Waals surface area (Å²) in [5, 5.41) is 6.63. The molecule has 34 heavy (non-hydrogen) atoms. The molecule has 0 radical (unpaired) electrons. The van der Waals surface area contributed by atoms with Gasteiger partial charge in [0.05, 0.1) is 16.8 Å². The van der Waals surface area contributed by atoms with Gasteiger partial charge in [-0.1, -0.05) is 23.7 Å². The fraction of sp³-hybridized carbons (Fsp3) is 0.292. The number of piperidine rings is 1. The van der Waals surface area contributed by atoms with Crippen LogP contribution in [0.25, 0.3) is 22.6 Å². The van der Waals surface area contributed by atoms with Crippen molar-refractivity contribution in [1.29, 1.82) is 0 Å². The van der Waals surface area contributed by atoms with E-state index < -0.39 is 17.5 Å². The molecule has 6 nitrogen and oxygen atoms in total. The van der Waals surface area contributed by atoms with Crippen molar-refractivity contribution in [2.45, 2.75) is 25.9 Å². The number of hydrogen-bond acceptors (Lipinski definition) is 5. The summed E-state index contributed by atoms with van der Waals surface area (Å²) in [4.78, 5) is 13.5. The summed E-state index contributed by atoms with van der Waals surface area (Å²) >= 11 is 6.36. The van der Waals surface area contributed by atoms with E-state index in [-0.39, 0.29) is 28.6 Å². The molecule has 2 N–H and O–H groups in total. The summed E-state index contributed by atoms with van der Waals surface area (Å²) in [6, 6.07) is 7.93. The van der Waals surface area contributed by atoms with E-state index in [1.54, 1.807) is 18.3 Å². The van der Waals surface area contributed by atoms with Crippen molar-refractivity contribution >= 4 is 28.7 Å². The quantitative estimate of drug-likeness (QED) is 0.393. The highest BCUT2D eigenvalue weighted by atomic mass is 35.5. The molecule has 0 saturated carbocycles. The van der Waals surface area contributed by atoms with E-state index >= 15 is 0 Å². The lowest BCUT2D eigenvalue weighted by Crippen LogP contribution is -2.32. The predicted octanol–water partition coefficient (Wildman–Crippen LogP) is 5.18. The highest BCUT2D eigenvalue weighted by molar-refractivity contribution is 6.33. The second-order valence-electron chi connectivity index (χ2n) is 8.35. The van der Waals surface area contributed by atoms with Crippen molar-refractivity contribution < 1.29 is 13.2 Å². The predicted molar refractivity (Wildman–Crippen MR) is 125 cm³/mol. The largest absolute Gasteiger partial charge is 0.350 e. The summed E-state index contributed by atoms with van der Waals surface area (Å²) in [6.45, 7) is 2.46. The van der Waals surface area contributed by atoms with Gasteiger partial charge in [-0.15, -0.1) is 0 Å². The Bertz CT molecular complexity index is 1320. The molecule has 0 unspecified atom stereocenters. The van der Waals surface area contributed by atoms with E-state index in [2.05, 4.69) is 25.6 Å². The van der Waals surface area contributed by atoms with Gasteiger partial charge in [-0.3, -0.25) is 0 Å². The summed E-state index contributed by atoms with van der Waals surface area (Å²) in [5.41, 5.74) is 1.52. The highest BCUT2D eigenvalue weighted by Crippen LogP contribution is 2.33. The van der Waals surface area contributed by atoms with Gasteiger partial charge < -0.3 is 15.2 Å². The fourth-order valence-electron chi connectivity index (χ4n) is 4.26. The highest BCUT2D eigenvalue weighted by Gasteiger charge is 2.23. The monoisotopic (exact) mass is 486 g/mol. The van der Waals surface area contributed by atoms with Crippen LogP contribution < -0.4 is 10.6 Å². The maximum absolute atomic E-state index is 14.8. The van der Waals surface area contributed by atoms with Gasteiger partial charge in [0.1, 0.15) is 28.8 Å². The third-order valence-electron chi connectivity index (χ3n) is 5.97. The van der Waals surface area contributed by atoms with Gasteiger partial charge in [-0.25, -0.2) is 23.1 Å². The van der Waals surface area contributed by atoms with Crippen LogP contribution in [0.15, 0.2) is 42.6 Å². The van der Waals surface area contributed by atoms with Gasteiger partial charge in [0.2, 0.25) is 5.95 Å². The van der Waals surface area contributed by atoms with Crippen molar-refractivity contribution in [3.63, 3.8) is 0 Å². The average molecular weight is 487 g/mol. The van der Waals surface area contributed by atoms with Crippen LogP contribution >= 0.6 is 11.6 Å². The molecule has 1 saturated heterocycles. The lowest BCUT2D eigenvalue weighted by Gasteiger charge is -2.24. The number of aromatic nitrogens is 4. The van der Waals surface area contributed by atoms with Crippen molar-refractivity contribution in [3.8, 4) is 11.4 Å². The normalized spacial score (nSPS) is 16.2. The Morgan fingerprint density at radius 1 is 1.12 bits per heavy atom. The lowest BCUT2D eigenvalue weighted by molar-refractivity contribution is 0.341. The summed E-state index contributed by atoms with van der Waals surface area (Å²) in [6.07, 6.45) is 3.62. The van der Waals surface area contributed by atoms with Crippen LogP contribution in [-0.4, -0.2) is 32.6 Å². The number of benzene rings is 2. The molecular formula is C24H22ClF3N6. The fourth-order valence-corrected chi connectivity index (χ4v) is 4.50. The Kier molecular flexibility index (Phi) is 6.38. The SMILES string of the molecule is Fc1ccc(CNc2ncc3nc(-c4c(F)cccc4Cl)n(C[C@@H]4CCCNC4)c3n2)c(F)c1. The van der Waals surface area contributed by atoms with Crippen LogP contribution in [-0.2, 0) is 13.1 Å². The van der Waals surface area contributed by atoms with Gasteiger partial charge in [0.25, 0.3) is 0 Å². The van der Waals surface area contributed by atoms with Crippen molar-refractivity contribution in [2.24, 2.45) is 5.92 Å². The van der Waals surface area contributed by atoms with E-state index in [0.717, 1.165) is 32.0 Å². The zero-order chi connectivity index (χ0) is 23.7. The average Bonchev–Trinajstić information content (AvgIpc) is 3.16. The zero-order valence-corrected chi connectivity index (χ0v) is 18.9. The van der Waals surface area contributed by atoms with Gasteiger partial charge in [0.15, 0.2) is 5.65 Å². The minimum atomic E-state index is -0.653. The van der Waals surface area contributed by atoms with Gasteiger partial charge >= 0.3 is 0 Å². The Morgan fingerprint density at radius 2 is 2.00 bits per heavy atom. The molecule has 1 aliphatic heterocycles. The van der Waals surface area contributed by atoms with Crippen LogP contribution in [0.5, 0.6) is 0 Å². The van der Waals surface area contributed by atoms with Crippen LogP contribution in [0.3, 0.4) is 0 Å². The number of nitrogens with one attached hydrogen (secondary N) is 2. The number of rotatable bonds is 6. The van der Waals surface area contributed by atoms with E-state index in [4.69, 9.17) is 11.6 Å².